The van der Waals surface area contributed by atoms with Gasteiger partial charge in [0.25, 0.3) is 0 Å². The van der Waals surface area contributed by atoms with Gasteiger partial charge < -0.3 is 4.55 Å². The van der Waals surface area contributed by atoms with Crippen molar-refractivity contribution in [3.63, 3.8) is 0 Å². The van der Waals surface area contributed by atoms with E-state index < -0.39 is 11.1 Å². The molecule has 1 atom stereocenters. The molecule has 0 aliphatic carbocycles. The molecule has 0 aliphatic heterocycles. The summed E-state index contributed by atoms with van der Waals surface area (Å²) in [5, 5.41) is 2.07. The van der Waals surface area contributed by atoms with Crippen LogP contribution in [-0.2, 0) is 23.9 Å². The molecule has 0 fully saturated rings. The number of hydrogen-bond donors (Lipinski definition) is 1. The Kier molecular flexibility index (Phi) is 5.95. The Hall–Kier alpha value is -1.19. The van der Waals surface area contributed by atoms with E-state index in [0.29, 0.717) is 4.90 Å². The van der Waals surface area contributed by atoms with Crippen molar-refractivity contribution in [2.75, 3.05) is 0 Å². The topological polar surface area (TPSA) is 37.3 Å². The minimum absolute atomic E-state index is 0.610. The highest BCUT2D eigenvalue weighted by atomic mass is 32.2. The summed E-state index contributed by atoms with van der Waals surface area (Å²) >= 11 is -1.93. The molecule has 0 aromatic heterocycles. The van der Waals surface area contributed by atoms with Crippen LogP contribution in [0, 0.1) is 0 Å². The summed E-state index contributed by atoms with van der Waals surface area (Å²) < 4.78 is 21.6. The summed E-state index contributed by atoms with van der Waals surface area (Å²) in [5.74, 6) is 0. The third-order valence-electron chi connectivity index (χ3n) is 3.93. The van der Waals surface area contributed by atoms with Gasteiger partial charge in [-0.15, -0.1) is 0 Å². The molecule has 0 bridgehead atoms. The van der Waals surface area contributed by atoms with Gasteiger partial charge in [0.2, 0.25) is 0 Å². The molecule has 2 rings (SSSR count). The van der Waals surface area contributed by atoms with E-state index >= 15 is 0 Å². The first-order valence-electron chi connectivity index (χ1n) is 7.83. The Morgan fingerprint density at radius 3 is 2.10 bits per heavy atom. The van der Waals surface area contributed by atoms with Crippen LogP contribution >= 0.6 is 0 Å². The fourth-order valence-electron chi connectivity index (χ4n) is 2.82. The monoisotopic (exact) mass is 304 g/mol. The van der Waals surface area contributed by atoms with Crippen molar-refractivity contribution in [3.05, 3.63) is 41.5 Å². The van der Waals surface area contributed by atoms with Crippen LogP contribution in [-0.4, -0.2) is 8.76 Å². The predicted octanol–water partition coefficient (Wildman–Crippen LogP) is 5.11. The van der Waals surface area contributed by atoms with Crippen LogP contribution in [0.3, 0.4) is 0 Å². The molecule has 2 nitrogen and oxygen atoms in total. The van der Waals surface area contributed by atoms with E-state index in [1.54, 1.807) is 0 Å². The smallest absolute Gasteiger partial charge is 0.187 e. The van der Waals surface area contributed by atoms with Crippen molar-refractivity contribution in [3.8, 4) is 0 Å². The standard InChI is InChI=1S/C18H24O2S/c1-3-5-9-14-13-15(10-6-4-2)18(21(19)20)17-12-8-7-11-16(14)17/h7-8,11-13H,3-6,9-10H2,1-2H3,(H,19,20). The highest BCUT2D eigenvalue weighted by Gasteiger charge is 2.15. The third-order valence-corrected chi connectivity index (χ3v) is 4.76. The second kappa shape index (κ2) is 7.71. The van der Waals surface area contributed by atoms with Crippen molar-refractivity contribution in [2.24, 2.45) is 0 Å². The van der Waals surface area contributed by atoms with Gasteiger partial charge >= 0.3 is 0 Å². The van der Waals surface area contributed by atoms with Gasteiger partial charge in [-0.3, -0.25) is 0 Å². The minimum atomic E-state index is -1.93. The molecule has 0 amide bonds. The van der Waals surface area contributed by atoms with E-state index in [1.807, 2.05) is 18.2 Å². The molecule has 1 N–H and O–H groups in total. The minimum Gasteiger partial charge on any atom is -0.302 e. The highest BCUT2D eigenvalue weighted by Crippen LogP contribution is 2.30. The van der Waals surface area contributed by atoms with Crippen molar-refractivity contribution in [1.82, 2.24) is 0 Å². The summed E-state index contributed by atoms with van der Waals surface area (Å²) in [5.41, 5.74) is 2.36. The van der Waals surface area contributed by atoms with E-state index in [9.17, 15) is 8.76 Å². The molecule has 0 radical (unpaired) electrons. The van der Waals surface area contributed by atoms with Crippen LogP contribution in [0.4, 0.5) is 0 Å². The van der Waals surface area contributed by atoms with Gasteiger partial charge in [0.15, 0.2) is 11.1 Å². The number of hydrogen-bond acceptors (Lipinski definition) is 1. The maximum absolute atomic E-state index is 11.8. The first-order chi connectivity index (χ1) is 10.2. The molecule has 0 aliphatic rings. The number of aryl methyl sites for hydroxylation is 2. The zero-order valence-electron chi connectivity index (χ0n) is 12.9. The molecule has 2 aromatic rings. The molecule has 21 heavy (non-hydrogen) atoms. The molecule has 0 heterocycles. The lowest BCUT2D eigenvalue weighted by Crippen LogP contribution is -2.01. The van der Waals surface area contributed by atoms with Crippen LogP contribution in [0.1, 0.15) is 50.7 Å². The predicted molar refractivity (Wildman–Crippen MR) is 90.2 cm³/mol. The zero-order valence-corrected chi connectivity index (χ0v) is 13.7. The lowest BCUT2D eigenvalue weighted by molar-refractivity contribution is 0.563. The summed E-state index contributed by atoms with van der Waals surface area (Å²) in [6, 6.07) is 10.2. The largest absolute Gasteiger partial charge is 0.302 e. The quantitative estimate of drug-likeness (QED) is 0.722. The maximum Gasteiger partial charge on any atom is 0.187 e. The van der Waals surface area contributed by atoms with E-state index in [-0.39, 0.29) is 0 Å². The molecule has 114 valence electrons. The van der Waals surface area contributed by atoms with Crippen LogP contribution in [0.15, 0.2) is 35.2 Å². The van der Waals surface area contributed by atoms with Gasteiger partial charge in [0.05, 0.1) is 4.90 Å². The normalized spacial score (nSPS) is 12.7. The lowest BCUT2D eigenvalue weighted by atomic mass is 9.95. The SMILES string of the molecule is CCCCc1cc(CCCC)c2ccccc2c1S(=O)O. The second-order valence-electron chi connectivity index (χ2n) is 5.53. The van der Waals surface area contributed by atoms with Gasteiger partial charge in [0, 0.05) is 5.39 Å². The van der Waals surface area contributed by atoms with Crippen LogP contribution < -0.4 is 0 Å². The van der Waals surface area contributed by atoms with Gasteiger partial charge in [-0.2, -0.15) is 0 Å². The second-order valence-corrected chi connectivity index (χ2v) is 6.43. The average molecular weight is 304 g/mol. The van der Waals surface area contributed by atoms with E-state index in [2.05, 4.69) is 26.0 Å². The number of benzene rings is 2. The van der Waals surface area contributed by atoms with E-state index in [4.69, 9.17) is 0 Å². The van der Waals surface area contributed by atoms with Crippen LogP contribution in [0.25, 0.3) is 10.8 Å². The van der Waals surface area contributed by atoms with E-state index in [0.717, 1.165) is 54.9 Å². The lowest BCUT2D eigenvalue weighted by Gasteiger charge is -2.14. The van der Waals surface area contributed by atoms with Crippen molar-refractivity contribution < 1.29 is 8.76 Å². The van der Waals surface area contributed by atoms with Crippen LogP contribution in [0.5, 0.6) is 0 Å². The molecule has 0 saturated carbocycles. The first kappa shape index (κ1) is 16.2. The molecule has 2 aromatic carbocycles. The van der Waals surface area contributed by atoms with Gasteiger partial charge in [-0.1, -0.05) is 57.0 Å². The Morgan fingerprint density at radius 1 is 0.952 bits per heavy atom. The van der Waals surface area contributed by atoms with Gasteiger partial charge in [-0.25, -0.2) is 4.21 Å². The number of fused-ring (bicyclic) bond motifs is 1. The molecular formula is C18H24O2S. The molecule has 1 unspecified atom stereocenters. The molecule has 3 heteroatoms. The summed E-state index contributed by atoms with van der Waals surface area (Å²) in [6.45, 7) is 4.34. The Balaban J connectivity index is 2.62. The fourth-order valence-corrected chi connectivity index (χ4v) is 3.57. The Labute approximate surface area is 129 Å². The number of rotatable bonds is 7. The van der Waals surface area contributed by atoms with Crippen molar-refractivity contribution in [1.29, 1.82) is 0 Å². The maximum atomic E-state index is 11.8. The van der Waals surface area contributed by atoms with Gasteiger partial charge in [0.1, 0.15) is 0 Å². The Bertz CT molecular complexity index is 634. The van der Waals surface area contributed by atoms with Crippen molar-refractivity contribution in [2.45, 2.75) is 57.3 Å². The van der Waals surface area contributed by atoms with Crippen molar-refractivity contribution >= 4 is 21.9 Å². The van der Waals surface area contributed by atoms with E-state index in [1.165, 1.54) is 5.56 Å². The summed E-state index contributed by atoms with van der Waals surface area (Å²) in [4.78, 5) is 0.610. The Morgan fingerprint density at radius 2 is 1.52 bits per heavy atom. The third kappa shape index (κ3) is 3.72. The summed E-state index contributed by atoms with van der Waals surface area (Å²) in [6.07, 6.45) is 6.37. The van der Waals surface area contributed by atoms with Gasteiger partial charge in [-0.05, 0) is 42.2 Å². The van der Waals surface area contributed by atoms with Crippen LogP contribution in [0.2, 0.25) is 0 Å². The summed E-state index contributed by atoms with van der Waals surface area (Å²) in [7, 11) is 0. The highest BCUT2D eigenvalue weighted by molar-refractivity contribution is 7.79. The average Bonchev–Trinajstić information content (AvgIpc) is 2.49. The fraction of sp³-hybridized carbons (Fsp3) is 0.444. The molecular weight excluding hydrogens is 280 g/mol. The zero-order chi connectivity index (χ0) is 15.2. The first-order valence-corrected chi connectivity index (χ1v) is 8.94. The number of unbranched alkanes of at least 4 members (excludes halogenated alkanes) is 2. The molecule has 0 saturated heterocycles. The molecule has 0 spiro atoms.